The number of nitrogens with two attached hydrogens (primary N) is 1. The Kier molecular flexibility index (Phi) is 2.24. The lowest BCUT2D eigenvalue weighted by molar-refractivity contribution is -0.115. The van der Waals surface area contributed by atoms with E-state index in [2.05, 4.69) is 17.1 Å². The van der Waals surface area contributed by atoms with E-state index in [-0.39, 0.29) is 5.91 Å². The van der Waals surface area contributed by atoms with Crippen LogP contribution in [0.4, 0.5) is 17.1 Å². The number of nitrogens with one attached hydrogen (secondary N) is 1. The lowest BCUT2D eigenvalue weighted by Gasteiger charge is -2.26. The summed E-state index contributed by atoms with van der Waals surface area (Å²) in [5, 5.41) is 2.88. The van der Waals surface area contributed by atoms with E-state index in [9.17, 15) is 4.79 Å². The highest BCUT2D eigenvalue weighted by Crippen LogP contribution is 2.36. The zero-order valence-electron chi connectivity index (χ0n) is 9.99. The average molecular weight is 231 g/mol. The maximum atomic E-state index is 11.3. The summed E-state index contributed by atoms with van der Waals surface area (Å²) < 4.78 is 0. The van der Waals surface area contributed by atoms with Gasteiger partial charge in [-0.3, -0.25) is 4.79 Å². The predicted octanol–water partition coefficient (Wildman–Crippen LogP) is 1.75. The Morgan fingerprint density at radius 3 is 3.00 bits per heavy atom. The molecule has 2 heterocycles. The molecule has 0 radical (unpaired) electrons. The Morgan fingerprint density at radius 2 is 2.29 bits per heavy atom. The number of hydrogen-bond acceptors (Lipinski definition) is 3. The number of nitrogen functional groups attached to an aromatic ring is 1. The minimum absolute atomic E-state index is 0.0611. The molecule has 2 aliphatic heterocycles. The molecule has 3 N–H and O–H groups in total. The van der Waals surface area contributed by atoms with Gasteiger partial charge in [0.1, 0.15) is 0 Å². The lowest BCUT2D eigenvalue weighted by Crippen LogP contribution is -2.27. The third kappa shape index (κ3) is 1.64. The molecule has 3 rings (SSSR count). The van der Waals surface area contributed by atoms with Gasteiger partial charge in [-0.15, -0.1) is 0 Å². The summed E-state index contributed by atoms with van der Waals surface area (Å²) in [7, 11) is 0. The molecule has 4 nitrogen and oxygen atoms in total. The number of fused-ring (bicyclic) bond motifs is 1. The molecular formula is C13H17N3O. The van der Waals surface area contributed by atoms with E-state index in [0.717, 1.165) is 29.2 Å². The largest absolute Gasteiger partial charge is 0.397 e. The lowest BCUT2D eigenvalue weighted by atomic mass is 10.1. The van der Waals surface area contributed by atoms with Crippen LogP contribution in [0.1, 0.15) is 25.3 Å². The fourth-order valence-electron chi connectivity index (χ4n) is 2.82. The molecule has 1 aromatic carbocycles. The summed E-state index contributed by atoms with van der Waals surface area (Å²) in [5.41, 5.74) is 9.90. The fraction of sp³-hybridized carbons (Fsp3) is 0.462. The van der Waals surface area contributed by atoms with Crippen molar-refractivity contribution in [2.45, 2.75) is 32.2 Å². The van der Waals surface area contributed by atoms with Gasteiger partial charge in [0.15, 0.2) is 0 Å². The van der Waals surface area contributed by atoms with Gasteiger partial charge in [0, 0.05) is 18.3 Å². The third-order valence-electron chi connectivity index (χ3n) is 3.74. The molecule has 4 heteroatoms. The first-order chi connectivity index (χ1) is 8.15. The van der Waals surface area contributed by atoms with Crippen LogP contribution < -0.4 is 16.0 Å². The number of nitrogens with zero attached hydrogens (tertiary/aromatic N) is 1. The second-order valence-corrected chi connectivity index (χ2v) is 4.98. The molecule has 0 bridgehead atoms. The van der Waals surface area contributed by atoms with Crippen molar-refractivity contribution in [1.29, 1.82) is 0 Å². The number of rotatable bonds is 1. The summed E-state index contributed by atoms with van der Waals surface area (Å²) >= 11 is 0. The van der Waals surface area contributed by atoms with Crippen molar-refractivity contribution >= 4 is 23.0 Å². The van der Waals surface area contributed by atoms with E-state index in [1.54, 1.807) is 0 Å². The Labute approximate surface area is 101 Å². The standard InChI is InChI=1S/C13H17N3O/c1-8-3-2-4-16(8)12-7-11-9(5-10(12)14)6-13(17)15-11/h5,7-8H,2-4,6,14H2,1H3,(H,15,17). The van der Waals surface area contributed by atoms with Crippen LogP contribution in [-0.2, 0) is 11.2 Å². The van der Waals surface area contributed by atoms with E-state index in [0.29, 0.717) is 12.5 Å². The average Bonchev–Trinajstić information content (AvgIpc) is 2.82. The van der Waals surface area contributed by atoms with Crippen molar-refractivity contribution in [3.8, 4) is 0 Å². The van der Waals surface area contributed by atoms with E-state index >= 15 is 0 Å². The third-order valence-corrected chi connectivity index (χ3v) is 3.74. The van der Waals surface area contributed by atoms with Crippen molar-refractivity contribution in [3.63, 3.8) is 0 Å². The van der Waals surface area contributed by atoms with Crippen LogP contribution in [0.15, 0.2) is 12.1 Å². The minimum atomic E-state index is 0.0611. The van der Waals surface area contributed by atoms with Crippen LogP contribution >= 0.6 is 0 Å². The molecule has 1 unspecified atom stereocenters. The minimum Gasteiger partial charge on any atom is -0.397 e. The first-order valence-electron chi connectivity index (χ1n) is 6.14. The van der Waals surface area contributed by atoms with Gasteiger partial charge >= 0.3 is 0 Å². The van der Waals surface area contributed by atoms with Gasteiger partial charge in [0.05, 0.1) is 17.8 Å². The second kappa shape index (κ2) is 3.65. The maximum absolute atomic E-state index is 11.3. The molecule has 1 saturated heterocycles. The smallest absolute Gasteiger partial charge is 0.228 e. The molecule has 0 saturated carbocycles. The molecule has 1 amide bonds. The van der Waals surface area contributed by atoms with Crippen LogP contribution in [0.3, 0.4) is 0 Å². The van der Waals surface area contributed by atoms with Gasteiger partial charge in [-0.1, -0.05) is 0 Å². The zero-order valence-corrected chi connectivity index (χ0v) is 9.99. The molecule has 0 aliphatic carbocycles. The van der Waals surface area contributed by atoms with Crippen molar-refractivity contribution in [1.82, 2.24) is 0 Å². The highest BCUT2D eigenvalue weighted by molar-refractivity contribution is 6.01. The van der Waals surface area contributed by atoms with E-state index < -0.39 is 0 Å². The second-order valence-electron chi connectivity index (χ2n) is 4.98. The maximum Gasteiger partial charge on any atom is 0.228 e. The van der Waals surface area contributed by atoms with Gasteiger partial charge in [-0.05, 0) is 37.5 Å². The number of carbonyl (C=O) groups is 1. The first kappa shape index (κ1) is 10.4. The van der Waals surface area contributed by atoms with Crippen molar-refractivity contribution < 1.29 is 4.79 Å². The number of hydrogen-bond donors (Lipinski definition) is 2. The SMILES string of the molecule is CC1CCCN1c1cc2c(cc1N)CC(=O)N2. The first-order valence-corrected chi connectivity index (χ1v) is 6.14. The Balaban J connectivity index is 2.01. The Hall–Kier alpha value is -1.71. The summed E-state index contributed by atoms with van der Waals surface area (Å²) in [6.07, 6.45) is 2.88. The topological polar surface area (TPSA) is 58.4 Å². The number of benzene rings is 1. The molecule has 0 spiro atoms. The molecule has 17 heavy (non-hydrogen) atoms. The summed E-state index contributed by atoms with van der Waals surface area (Å²) in [5.74, 6) is 0.0611. The van der Waals surface area contributed by atoms with Crippen LogP contribution in [0.5, 0.6) is 0 Å². The van der Waals surface area contributed by atoms with E-state index in [1.807, 2.05) is 12.1 Å². The summed E-state index contributed by atoms with van der Waals surface area (Å²) in [6.45, 7) is 3.27. The highest BCUT2D eigenvalue weighted by Gasteiger charge is 2.25. The fourth-order valence-corrected chi connectivity index (χ4v) is 2.82. The predicted molar refractivity (Wildman–Crippen MR) is 69.2 cm³/mol. The Bertz CT molecular complexity index is 484. The molecule has 1 aromatic rings. The van der Waals surface area contributed by atoms with Gasteiger partial charge in [0.25, 0.3) is 0 Å². The normalized spacial score (nSPS) is 22.8. The highest BCUT2D eigenvalue weighted by atomic mass is 16.1. The van der Waals surface area contributed by atoms with Gasteiger partial charge in [-0.2, -0.15) is 0 Å². The molecule has 90 valence electrons. The monoisotopic (exact) mass is 231 g/mol. The number of amides is 1. The van der Waals surface area contributed by atoms with Crippen LogP contribution in [0.25, 0.3) is 0 Å². The van der Waals surface area contributed by atoms with Crippen LogP contribution in [-0.4, -0.2) is 18.5 Å². The number of anilines is 3. The van der Waals surface area contributed by atoms with Gasteiger partial charge < -0.3 is 16.0 Å². The van der Waals surface area contributed by atoms with E-state index in [1.165, 1.54) is 12.8 Å². The van der Waals surface area contributed by atoms with Crippen molar-refractivity contribution in [2.75, 3.05) is 22.5 Å². The Morgan fingerprint density at radius 1 is 1.47 bits per heavy atom. The van der Waals surface area contributed by atoms with Crippen LogP contribution in [0.2, 0.25) is 0 Å². The quantitative estimate of drug-likeness (QED) is 0.724. The van der Waals surface area contributed by atoms with Crippen LogP contribution in [0, 0.1) is 0 Å². The van der Waals surface area contributed by atoms with Gasteiger partial charge in [-0.25, -0.2) is 0 Å². The summed E-state index contributed by atoms with van der Waals surface area (Å²) in [6, 6.07) is 4.50. The van der Waals surface area contributed by atoms with E-state index in [4.69, 9.17) is 5.73 Å². The van der Waals surface area contributed by atoms with Gasteiger partial charge in [0.2, 0.25) is 5.91 Å². The molecule has 0 aromatic heterocycles. The summed E-state index contributed by atoms with van der Waals surface area (Å²) in [4.78, 5) is 13.7. The van der Waals surface area contributed by atoms with Crippen molar-refractivity contribution in [3.05, 3.63) is 17.7 Å². The van der Waals surface area contributed by atoms with Crippen molar-refractivity contribution in [2.24, 2.45) is 0 Å². The molecular weight excluding hydrogens is 214 g/mol. The molecule has 1 fully saturated rings. The zero-order chi connectivity index (χ0) is 12.0. The molecule has 2 aliphatic rings. The number of carbonyl (C=O) groups excluding carboxylic acids is 1. The molecule has 1 atom stereocenters.